The van der Waals surface area contributed by atoms with Gasteiger partial charge in [0.15, 0.2) is 0 Å². The monoisotopic (exact) mass is 528 g/mol. The molecule has 3 aromatic carbocycles. The van der Waals surface area contributed by atoms with Crippen LogP contribution < -0.4 is 15.9 Å². The van der Waals surface area contributed by atoms with Crippen molar-refractivity contribution < 1.29 is 31.8 Å². The van der Waals surface area contributed by atoms with Gasteiger partial charge in [0.2, 0.25) is 0 Å². The molecule has 0 spiro atoms. The third kappa shape index (κ3) is 8.01. The van der Waals surface area contributed by atoms with E-state index in [4.69, 9.17) is 0 Å². The molecule has 1 unspecified atom stereocenters. The quantitative estimate of drug-likeness (QED) is 0.148. The topological polar surface area (TPSA) is 18.5 Å². The molecule has 3 rings (SSSR count). The molecule has 0 aliphatic heterocycles. The molecule has 3 aromatic rings. The van der Waals surface area contributed by atoms with Gasteiger partial charge in [-0.25, -0.2) is 0 Å². The molecule has 0 amide bonds. The largest absolute Gasteiger partial charge is 0.454 e. The van der Waals surface area contributed by atoms with Gasteiger partial charge in [-0.15, -0.1) is 4.94 Å². The Balaban J connectivity index is 1.44. The molecule has 0 N–H and O–H groups in total. The van der Waals surface area contributed by atoms with Crippen molar-refractivity contribution in [1.82, 2.24) is 0 Å². The highest BCUT2D eigenvalue weighted by atomic mass is 32.2. The Bertz CT molecular complexity index is 966. The number of hydrogen-bond acceptors (Lipinski definition) is 3. The minimum atomic E-state index is -5.49. The van der Waals surface area contributed by atoms with Crippen molar-refractivity contribution in [3.8, 4) is 0 Å². The second-order valence-electron chi connectivity index (χ2n) is 7.74. The first-order chi connectivity index (χ1) is 16.8. The number of aryl methyl sites for hydroxylation is 1. The van der Waals surface area contributed by atoms with Gasteiger partial charge in [-0.1, -0.05) is 84.9 Å². The normalized spacial score (nSPS) is 13.7. The van der Waals surface area contributed by atoms with Crippen molar-refractivity contribution in [1.29, 1.82) is 0 Å². The van der Waals surface area contributed by atoms with E-state index in [9.17, 15) is 22.1 Å². The van der Waals surface area contributed by atoms with Crippen molar-refractivity contribution >= 4 is 35.6 Å². The summed E-state index contributed by atoms with van der Waals surface area (Å²) < 4.78 is 66.9. The average Bonchev–Trinajstić information content (AvgIpc) is 2.87. The highest BCUT2D eigenvalue weighted by molar-refractivity contribution is 7.99. The first-order valence-corrected chi connectivity index (χ1v) is 13.5. The van der Waals surface area contributed by atoms with Crippen LogP contribution in [0.25, 0.3) is 0 Å². The minimum Gasteiger partial charge on any atom is -0.375 e. The first-order valence-electron chi connectivity index (χ1n) is 11.0. The Morgan fingerprint density at radius 1 is 0.714 bits per heavy atom. The van der Waals surface area contributed by atoms with Gasteiger partial charge in [0.25, 0.3) is 0 Å². The summed E-state index contributed by atoms with van der Waals surface area (Å²) in [4.78, 5) is 2.45. The van der Waals surface area contributed by atoms with Gasteiger partial charge in [0.05, 0.1) is 0 Å². The third-order valence-electron chi connectivity index (χ3n) is 5.17. The van der Waals surface area contributed by atoms with Crippen molar-refractivity contribution in [3.63, 3.8) is 0 Å². The number of rotatable bonds is 13. The minimum absolute atomic E-state index is 0.116. The van der Waals surface area contributed by atoms with Crippen molar-refractivity contribution in [2.75, 3.05) is 24.7 Å². The van der Waals surface area contributed by atoms with Crippen LogP contribution in [-0.4, -0.2) is 36.8 Å². The standard InChI is InChI=1S/C26H26F5O2PS/c27-25(33-31,26(28,29)30)20-32-17-7-18-35-19-16-21-12-14-24(15-13-21)34(22-8-3-1-4-9-22)23-10-5-2-6-11-23/h1-6,8-15H,7,16-20H2. The zero-order valence-corrected chi connectivity index (χ0v) is 20.6. The maximum atomic E-state index is 13.3. The van der Waals surface area contributed by atoms with E-state index in [2.05, 4.69) is 82.5 Å². The highest BCUT2D eigenvalue weighted by Gasteiger charge is 2.59. The Morgan fingerprint density at radius 3 is 1.77 bits per heavy atom. The molecular formula is C26H26F5O2PS. The summed E-state index contributed by atoms with van der Waals surface area (Å²) in [7, 11) is -0.649. The molecule has 0 saturated carbocycles. The fourth-order valence-electron chi connectivity index (χ4n) is 3.32. The van der Waals surface area contributed by atoms with E-state index in [0.29, 0.717) is 12.2 Å². The average molecular weight is 529 g/mol. The van der Waals surface area contributed by atoms with Gasteiger partial charge in [0, 0.05) is 6.61 Å². The molecule has 2 nitrogen and oxygen atoms in total. The molecule has 1 atom stereocenters. The van der Waals surface area contributed by atoms with Gasteiger partial charge in [-0.05, 0) is 58.3 Å². The van der Waals surface area contributed by atoms with Gasteiger partial charge < -0.3 is 4.74 Å². The Morgan fingerprint density at radius 2 is 1.26 bits per heavy atom. The van der Waals surface area contributed by atoms with Crippen LogP contribution in [0.3, 0.4) is 0 Å². The van der Waals surface area contributed by atoms with E-state index in [1.54, 1.807) is 11.8 Å². The molecule has 35 heavy (non-hydrogen) atoms. The second kappa shape index (κ2) is 13.4. The van der Waals surface area contributed by atoms with Crippen molar-refractivity contribution in [3.05, 3.63) is 90.5 Å². The van der Waals surface area contributed by atoms with Crippen molar-refractivity contribution in [2.24, 2.45) is 0 Å². The predicted molar refractivity (Wildman–Crippen MR) is 134 cm³/mol. The first kappa shape index (κ1) is 27.6. The molecular weight excluding hydrogens is 502 g/mol. The van der Waals surface area contributed by atoms with Crippen LogP contribution in [0.4, 0.5) is 22.1 Å². The summed E-state index contributed by atoms with van der Waals surface area (Å²) in [5, 5.41) is 3.85. The molecule has 0 bridgehead atoms. The van der Waals surface area contributed by atoms with Crippen LogP contribution >= 0.6 is 19.7 Å². The molecule has 0 aromatic heterocycles. The van der Waals surface area contributed by atoms with Crippen LogP contribution in [0.1, 0.15) is 12.0 Å². The number of alkyl halides is 4. The van der Waals surface area contributed by atoms with Crippen LogP contribution in [-0.2, 0) is 16.1 Å². The maximum absolute atomic E-state index is 13.3. The number of hydrogen-bond donors (Lipinski definition) is 0. The van der Waals surface area contributed by atoms with Crippen LogP contribution in [0.2, 0.25) is 0 Å². The number of thioether (sulfide) groups is 1. The van der Waals surface area contributed by atoms with Gasteiger partial charge >= 0.3 is 12.0 Å². The summed E-state index contributed by atoms with van der Waals surface area (Å²) in [6.07, 6.45) is -4.23. The summed E-state index contributed by atoms with van der Waals surface area (Å²) in [6, 6.07) is 29.5. The van der Waals surface area contributed by atoms with Gasteiger partial charge in [-0.3, -0.25) is 0 Å². The molecule has 0 fully saturated rings. The maximum Gasteiger partial charge on any atom is 0.454 e. The van der Waals surface area contributed by atoms with E-state index in [1.165, 1.54) is 21.5 Å². The SMILES string of the molecule is FOC(F)(COCCCSCCc1ccc(P(c2ccccc2)c2ccccc2)cc1)C(F)(F)F. The summed E-state index contributed by atoms with van der Waals surface area (Å²) in [5.41, 5.74) is 1.20. The van der Waals surface area contributed by atoms with E-state index >= 15 is 0 Å². The fraction of sp³-hybridized carbons (Fsp3) is 0.308. The summed E-state index contributed by atoms with van der Waals surface area (Å²) in [6.45, 7) is -1.64. The number of halogens is 5. The van der Waals surface area contributed by atoms with Crippen LogP contribution in [0.5, 0.6) is 0 Å². The molecule has 0 heterocycles. The summed E-state index contributed by atoms with van der Waals surface area (Å²) >= 11 is 1.62. The molecule has 188 valence electrons. The third-order valence-corrected chi connectivity index (χ3v) is 8.68. The van der Waals surface area contributed by atoms with E-state index < -0.39 is 26.6 Å². The Kier molecular flexibility index (Phi) is 10.5. The fourth-order valence-corrected chi connectivity index (χ4v) is 6.51. The molecule has 0 aliphatic rings. The number of ether oxygens (including phenoxy) is 1. The van der Waals surface area contributed by atoms with Crippen LogP contribution in [0.15, 0.2) is 84.9 Å². The highest BCUT2D eigenvalue weighted by Crippen LogP contribution is 2.36. The zero-order valence-electron chi connectivity index (χ0n) is 18.9. The predicted octanol–water partition coefficient (Wildman–Crippen LogP) is 6.26. The van der Waals surface area contributed by atoms with E-state index in [-0.39, 0.29) is 6.61 Å². The molecule has 0 radical (unpaired) electrons. The molecule has 9 heteroatoms. The second-order valence-corrected chi connectivity index (χ2v) is 11.2. The Labute approximate surface area is 207 Å². The lowest BCUT2D eigenvalue weighted by atomic mass is 10.2. The lowest BCUT2D eigenvalue weighted by Crippen LogP contribution is -2.46. The lowest BCUT2D eigenvalue weighted by Gasteiger charge is -2.22. The van der Waals surface area contributed by atoms with Crippen LogP contribution in [0, 0.1) is 0 Å². The van der Waals surface area contributed by atoms with Gasteiger partial charge in [-0.2, -0.15) is 29.3 Å². The number of benzene rings is 3. The van der Waals surface area contributed by atoms with Crippen molar-refractivity contribution in [2.45, 2.75) is 24.9 Å². The Hall–Kier alpha value is -1.99. The van der Waals surface area contributed by atoms with Gasteiger partial charge in [0.1, 0.15) is 6.61 Å². The summed E-state index contributed by atoms with van der Waals surface area (Å²) in [5.74, 6) is -2.96. The van der Waals surface area contributed by atoms with E-state index in [0.717, 1.165) is 12.2 Å². The zero-order chi connectivity index (χ0) is 25.2. The molecule has 0 aliphatic carbocycles. The van der Waals surface area contributed by atoms with E-state index in [1.807, 2.05) is 12.1 Å². The molecule has 0 saturated heterocycles. The lowest BCUT2D eigenvalue weighted by molar-refractivity contribution is -0.411. The smallest absolute Gasteiger partial charge is 0.375 e.